The summed E-state index contributed by atoms with van der Waals surface area (Å²) < 4.78 is 57.4. The third-order valence-corrected chi connectivity index (χ3v) is 14.3. The Labute approximate surface area is 262 Å². The van der Waals surface area contributed by atoms with E-state index in [2.05, 4.69) is 24.5 Å². The second kappa shape index (κ2) is 12.5. The molecule has 0 heterocycles. The molecule has 0 radical (unpaired) electrons. The summed E-state index contributed by atoms with van der Waals surface area (Å²) >= 11 is 0. The van der Waals surface area contributed by atoms with Crippen molar-refractivity contribution in [3.63, 3.8) is 0 Å². The highest BCUT2D eigenvalue weighted by atomic mass is 33.2. The summed E-state index contributed by atoms with van der Waals surface area (Å²) in [5.41, 5.74) is 2.43. The van der Waals surface area contributed by atoms with Gasteiger partial charge in [0.05, 0.1) is 16.3 Å². The van der Waals surface area contributed by atoms with Gasteiger partial charge in [-0.05, 0) is 82.1 Å². The molecule has 0 bridgehead atoms. The van der Waals surface area contributed by atoms with Gasteiger partial charge in [-0.2, -0.15) is 4.21 Å². The first-order chi connectivity index (χ1) is 21.0. The maximum Gasteiger partial charge on any atom is 0.347 e. The standard InChI is InChI=1S/C33H36N2O8S2/c1-6-23(4)24-14-16-26(17-15-24)43-31-20-28(34-32(37)25-12-10-21(2)11-13-25)30(36)19-29(31)35-33(38)45(5,41,42)44(39,40)27-9-7-8-22(3)18-27/h7-20,23,36H,6H2,1-5H3,(H,34,37)(H,35,38)(H,41,42). The van der Waals surface area contributed by atoms with Crippen LogP contribution in [0.15, 0.2) is 89.8 Å². The molecule has 10 nitrogen and oxygen atoms in total. The zero-order valence-corrected chi connectivity index (χ0v) is 27.2. The molecule has 1 unspecified atom stereocenters. The molecule has 4 N–H and O–H groups in total. The Kier molecular flexibility index (Phi) is 9.25. The van der Waals surface area contributed by atoms with Crippen LogP contribution < -0.4 is 15.4 Å². The van der Waals surface area contributed by atoms with Gasteiger partial charge >= 0.3 is 5.24 Å². The Morgan fingerprint density at radius 3 is 2.13 bits per heavy atom. The van der Waals surface area contributed by atoms with Crippen molar-refractivity contribution in [1.29, 1.82) is 0 Å². The molecule has 0 saturated heterocycles. The van der Waals surface area contributed by atoms with Gasteiger partial charge in [0.15, 0.2) is 5.75 Å². The van der Waals surface area contributed by atoms with Gasteiger partial charge in [-0.3, -0.25) is 9.35 Å². The van der Waals surface area contributed by atoms with Gasteiger partial charge in [0.2, 0.25) is 0 Å². The molecule has 1 atom stereocenters. The number of nitrogens with one attached hydrogen (secondary N) is 2. The zero-order valence-electron chi connectivity index (χ0n) is 25.5. The van der Waals surface area contributed by atoms with E-state index in [9.17, 15) is 31.9 Å². The van der Waals surface area contributed by atoms with Crippen LogP contribution in [0.4, 0.5) is 16.2 Å². The van der Waals surface area contributed by atoms with Crippen molar-refractivity contribution in [2.75, 3.05) is 16.9 Å². The van der Waals surface area contributed by atoms with Crippen LogP contribution in [0.3, 0.4) is 0 Å². The predicted octanol–water partition coefficient (Wildman–Crippen LogP) is 7.41. The van der Waals surface area contributed by atoms with E-state index in [4.69, 9.17) is 4.74 Å². The molecule has 2 amide bonds. The first-order valence-electron chi connectivity index (χ1n) is 14.1. The van der Waals surface area contributed by atoms with Crippen molar-refractivity contribution in [2.45, 2.75) is 44.9 Å². The summed E-state index contributed by atoms with van der Waals surface area (Å²) in [6, 6.07) is 21.3. The topological polar surface area (TPSA) is 159 Å². The molecular weight excluding hydrogens is 617 g/mol. The number of phenols is 1. The van der Waals surface area contributed by atoms with Crippen LogP contribution in [0, 0.1) is 13.8 Å². The molecule has 45 heavy (non-hydrogen) atoms. The number of hydrogen-bond donors (Lipinski definition) is 4. The number of ether oxygens (including phenoxy) is 1. The molecule has 238 valence electrons. The van der Waals surface area contributed by atoms with Crippen molar-refractivity contribution in [1.82, 2.24) is 0 Å². The van der Waals surface area contributed by atoms with Gasteiger partial charge in [0.1, 0.15) is 11.5 Å². The first kappa shape index (κ1) is 33.4. The summed E-state index contributed by atoms with van der Waals surface area (Å²) in [6.45, 7) is 7.61. The number of phenolic OH excluding ortho intramolecular Hbond substituents is 1. The SMILES string of the molecule is CCC(C)c1ccc(Oc2cc(NC(=O)c3ccc(C)cc3)c(O)cc2NC(=O)S(C)(=O)(O)S(=O)(=O)c2cccc(C)c2)cc1. The van der Waals surface area contributed by atoms with E-state index >= 15 is 0 Å². The number of hydrogen-bond acceptors (Lipinski definition) is 7. The van der Waals surface area contributed by atoms with Crippen molar-refractivity contribution in [3.8, 4) is 17.2 Å². The number of benzene rings is 4. The number of carbonyl (C=O) groups excluding carboxylic acids is 2. The highest BCUT2D eigenvalue weighted by Gasteiger charge is 2.46. The van der Waals surface area contributed by atoms with Gasteiger partial charge in [-0.1, -0.05) is 55.8 Å². The van der Waals surface area contributed by atoms with Crippen LogP contribution in [0.2, 0.25) is 0 Å². The number of amides is 2. The second-order valence-electron chi connectivity index (χ2n) is 11.0. The number of carbonyl (C=O) groups is 2. The van der Waals surface area contributed by atoms with E-state index in [1.165, 1.54) is 18.2 Å². The molecule has 12 heteroatoms. The normalized spacial score (nSPS) is 13.2. The molecule has 0 spiro atoms. The fourth-order valence-corrected chi connectivity index (χ4v) is 8.26. The largest absolute Gasteiger partial charge is 0.506 e. The highest BCUT2D eigenvalue weighted by molar-refractivity contribution is 8.84. The summed E-state index contributed by atoms with van der Waals surface area (Å²) in [7, 11) is -11.2. The van der Waals surface area contributed by atoms with Crippen LogP contribution >= 0.6 is 0 Å². The summed E-state index contributed by atoms with van der Waals surface area (Å²) in [4.78, 5) is 25.8. The third-order valence-electron chi connectivity index (χ3n) is 7.40. The van der Waals surface area contributed by atoms with E-state index in [1.807, 2.05) is 19.1 Å². The Hall–Kier alpha value is -4.52. The minimum Gasteiger partial charge on any atom is -0.506 e. The summed E-state index contributed by atoms with van der Waals surface area (Å²) in [5, 5.41) is 13.8. The molecule has 0 aliphatic rings. The molecule has 4 aromatic carbocycles. The van der Waals surface area contributed by atoms with Gasteiger partial charge in [-0.25, -0.2) is 13.2 Å². The molecule has 0 aliphatic carbocycles. The van der Waals surface area contributed by atoms with Crippen molar-refractivity contribution < 1.29 is 36.6 Å². The Morgan fingerprint density at radius 2 is 1.53 bits per heavy atom. The maximum atomic E-state index is 13.7. The van der Waals surface area contributed by atoms with Crippen LogP contribution in [-0.2, 0) is 17.2 Å². The quantitative estimate of drug-likeness (QED) is 0.107. The number of anilines is 2. The maximum absolute atomic E-state index is 13.7. The fraction of sp³-hybridized carbons (Fsp3) is 0.212. The van der Waals surface area contributed by atoms with E-state index < -0.39 is 39.0 Å². The highest BCUT2D eigenvalue weighted by Crippen LogP contribution is 2.41. The fourth-order valence-electron chi connectivity index (χ4n) is 4.30. The predicted molar refractivity (Wildman–Crippen MR) is 177 cm³/mol. The third kappa shape index (κ3) is 6.93. The zero-order chi connectivity index (χ0) is 33.2. The number of rotatable bonds is 9. The van der Waals surface area contributed by atoms with Crippen molar-refractivity contribution >= 4 is 39.8 Å². The van der Waals surface area contributed by atoms with Crippen LogP contribution in [0.25, 0.3) is 0 Å². The number of aryl methyl sites for hydroxylation is 2. The molecular formula is C33H36N2O8S2. The molecule has 0 aliphatic heterocycles. The second-order valence-corrected chi connectivity index (χ2v) is 18.9. The molecule has 4 aromatic rings. The van der Waals surface area contributed by atoms with Gasteiger partial charge in [0, 0.05) is 24.0 Å². The molecule has 0 fully saturated rings. The van der Waals surface area contributed by atoms with Gasteiger partial charge < -0.3 is 20.5 Å². The van der Waals surface area contributed by atoms with E-state index in [1.54, 1.807) is 49.4 Å². The van der Waals surface area contributed by atoms with E-state index in [0.29, 0.717) is 29.1 Å². The average molecular weight is 653 g/mol. The van der Waals surface area contributed by atoms with Gasteiger partial charge in [0.25, 0.3) is 14.8 Å². The van der Waals surface area contributed by atoms with E-state index in [0.717, 1.165) is 29.7 Å². The average Bonchev–Trinajstić information content (AvgIpc) is 2.99. The van der Waals surface area contributed by atoms with Gasteiger partial charge in [-0.15, -0.1) is 0 Å². The lowest BCUT2D eigenvalue weighted by Gasteiger charge is -2.35. The Bertz CT molecular complexity index is 1930. The minimum absolute atomic E-state index is 0.0877. The number of aromatic hydroxyl groups is 1. The lowest BCUT2D eigenvalue weighted by molar-refractivity contribution is 0.102. The van der Waals surface area contributed by atoms with Crippen LogP contribution in [-0.4, -0.2) is 39.7 Å². The smallest absolute Gasteiger partial charge is 0.347 e. The molecule has 0 aromatic heterocycles. The van der Waals surface area contributed by atoms with Crippen molar-refractivity contribution in [3.05, 3.63) is 107 Å². The summed E-state index contributed by atoms with van der Waals surface area (Å²) in [6.07, 6.45) is 1.37. The lowest BCUT2D eigenvalue weighted by Crippen LogP contribution is -2.49. The Morgan fingerprint density at radius 1 is 0.889 bits per heavy atom. The molecule has 0 saturated carbocycles. The van der Waals surface area contributed by atoms with Crippen LogP contribution in [0.5, 0.6) is 17.2 Å². The van der Waals surface area contributed by atoms with Crippen LogP contribution in [0.1, 0.15) is 53.2 Å². The lowest BCUT2D eigenvalue weighted by atomic mass is 9.99. The first-order valence-corrected chi connectivity index (χ1v) is 18.4. The summed E-state index contributed by atoms with van der Waals surface area (Å²) in [5.74, 6) is -0.607. The molecule has 4 rings (SSSR count). The van der Waals surface area contributed by atoms with Crippen molar-refractivity contribution in [2.24, 2.45) is 0 Å². The monoisotopic (exact) mass is 652 g/mol. The minimum atomic E-state index is -6.15. The van der Waals surface area contributed by atoms with E-state index in [-0.39, 0.29) is 17.1 Å². The Balaban J connectivity index is 1.74.